The Morgan fingerprint density at radius 2 is 0.938 bits per heavy atom. The molecule has 2 unspecified atom stereocenters. The maximum absolute atomic E-state index is 12.0. The van der Waals surface area contributed by atoms with Crippen LogP contribution in [-0.2, 0) is 9.53 Å². The van der Waals surface area contributed by atoms with Crippen molar-refractivity contribution < 1.29 is 35.1 Å². The molecule has 7 nitrogen and oxygen atoms in total. The van der Waals surface area contributed by atoms with Crippen LogP contribution in [-0.4, -0.2) is 68.1 Å². The molecule has 190 valence electrons. The van der Waals surface area contributed by atoms with Gasteiger partial charge in [-0.2, -0.15) is 0 Å². The fraction of sp³-hybridized carbons (Fsp3) is 0.960. The average molecular weight is 461 g/mol. The number of ether oxygens (including phenoxy) is 1. The Morgan fingerprint density at radius 3 is 1.34 bits per heavy atom. The molecule has 0 aromatic heterocycles. The van der Waals surface area contributed by atoms with Gasteiger partial charge < -0.3 is 30.3 Å². The summed E-state index contributed by atoms with van der Waals surface area (Å²) in [5, 5.41) is 48.7. The van der Waals surface area contributed by atoms with Crippen LogP contribution in [0.25, 0.3) is 0 Å². The average Bonchev–Trinajstić information content (AvgIpc) is 2.76. The summed E-state index contributed by atoms with van der Waals surface area (Å²) in [5.74, 6) is 0.238. The number of aliphatic hydroxyl groups is 5. The van der Waals surface area contributed by atoms with Crippen molar-refractivity contribution in [2.24, 2.45) is 5.92 Å². The lowest BCUT2D eigenvalue weighted by molar-refractivity contribution is -0.233. The van der Waals surface area contributed by atoms with E-state index in [0.29, 0.717) is 6.42 Å². The highest BCUT2D eigenvalue weighted by Crippen LogP contribution is 2.24. The molecular weight excluding hydrogens is 412 g/mol. The van der Waals surface area contributed by atoms with Crippen LogP contribution < -0.4 is 0 Å². The van der Waals surface area contributed by atoms with Crippen molar-refractivity contribution in [3.8, 4) is 0 Å². The molecule has 32 heavy (non-hydrogen) atoms. The van der Waals surface area contributed by atoms with Gasteiger partial charge in [0.05, 0.1) is 0 Å². The zero-order valence-electron chi connectivity index (χ0n) is 20.2. The smallest absolute Gasteiger partial charge is 0.306 e. The Labute approximate surface area is 194 Å². The number of hydrogen-bond donors (Lipinski definition) is 5. The summed E-state index contributed by atoms with van der Waals surface area (Å²) in [6.07, 6.45) is 7.45. The fourth-order valence-corrected chi connectivity index (χ4v) is 4.31. The van der Waals surface area contributed by atoms with Crippen molar-refractivity contribution >= 4 is 5.97 Å². The van der Waals surface area contributed by atoms with Crippen LogP contribution in [0.3, 0.4) is 0 Å². The fourth-order valence-electron chi connectivity index (χ4n) is 4.31. The third-order valence-electron chi connectivity index (χ3n) is 6.50. The van der Waals surface area contributed by atoms with Crippen LogP contribution in [0.15, 0.2) is 0 Å². The van der Waals surface area contributed by atoms with Crippen molar-refractivity contribution in [1.82, 2.24) is 0 Å². The molecule has 0 amide bonds. The summed E-state index contributed by atoms with van der Waals surface area (Å²) in [7, 11) is 0. The Hall–Kier alpha value is -0.730. The van der Waals surface area contributed by atoms with Gasteiger partial charge in [0.2, 0.25) is 0 Å². The van der Waals surface area contributed by atoms with E-state index in [2.05, 4.69) is 13.8 Å². The van der Waals surface area contributed by atoms with Crippen LogP contribution in [0.5, 0.6) is 0 Å². The molecule has 1 fully saturated rings. The third-order valence-corrected chi connectivity index (χ3v) is 6.50. The van der Waals surface area contributed by atoms with E-state index in [1.807, 2.05) is 0 Å². The molecule has 0 radical (unpaired) electrons. The molecule has 0 aromatic rings. The van der Waals surface area contributed by atoms with E-state index in [1.54, 1.807) is 0 Å². The SMILES string of the molecule is CC(C)CCCCCCCCCCCCCCCC(=O)OC1[C@@H](O)[C@H](O)C(O)[C@H](O)[C@@H]1O. The first-order valence-corrected chi connectivity index (χ1v) is 12.9. The maximum atomic E-state index is 12.0. The second-order valence-corrected chi connectivity index (χ2v) is 9.94. The number of hydrogen-bond acceptors (Lipinski definition) is 7. The Morgan fingerprint density at radius 1 is 0.594 bits per heavy atom. The minimum absolute atomic E-state index is 0.155. The van der Waals surface area contributed by atoms with Gasteiger partial charge in [-0.25, -0.2) is 0 Å². The van der Waals surface area contributed by atoms with Crippen LogP contribution in [0, 0.1) is 5.92 Å². The maximum Gasteiger partial charge on any atom is 0.306 e. The summed E-state index contributed by atoms with van der Waals surface area (Å²) in [4.78, 5) is 12.0. The molecule has 7 heteroatoms. The monoisotopic (exact) mass is 460 g/mol. The molecule has 6 atom stereocenters. The van der Waals surface area contributed by atoms with Crippen molar-refractivity contribution in [2.75, 3.05) is 0 Å². The van der Waals surface area contributed by atoms with Crippen molar-refractivity contribution in [3.63, 3.8) is 0 Å². The van der Waals surface area contributed by atoms with Crippen molar-refractivity contribution in [1.29, 1.82) is 0 Å². The van der Waals surface area contributed by atoms with Crippen molar-refractivity contribution in [2.45, 2.75) is 147 Å². The molecule has 1 aliphatic carbocycles. The zero-order valence-corrected chi connectivity index (χ0v) is 20.2. The highest BCUT2D eigenvalue weighted by Gasteiger charge is 2.50. The second kappa shape index (κ2) is 16.8. The van der Waals surface area contributed by atoms with E-state index in [-0.39, 0.29) is 6.42 Å². The molecule has 1 saturated carbocycles. The lowest BCUT2D eigenvalue weighted by Crippen LogP contribution is -2.64. The van der Waals surface area contributed by atoms with Gasteiger partial charge in [-0.1, -0.05) is 97.3 Å². The molecule has 1 rings (SSSR count). The number of esters is 1. The molecule has 0 heterocycles. The normalized spacial score (nSPS) is 28.2. The van der Waals surface area contributed by atoms with E-state index in [1.165, 1.54) is 64.2 Å². The van der Waals surface area contributed by atoms with Crippen LogP contribution in [0.1, 0.15) is 110 Å². The molecular formula is C25H48O7. The predicted molar refractivity (Wildman–Crippen MR) is 124 cm³/mol. The number of aliphatic hydroxyl groups excluding tert-OH is 5. The van der Waals surface area contributed by atoms with E-state index in [9.17, 15) is 30.3 Å². The first kappa shape index (κ1) is 29.3. The highest BCUT2D eigenvalue weighted by molar-refractivity contribution is 5.69. The van der Waals surface area contributed by atoms with Gasteiger partial charge in [0.25, 0.3) is 0 Å². The van der Waals surface area contributed by atoms with E-state index >= 15 is 0 Å². The Bertz CT molecular complexity index is 469. The Kier molecular flexibility index (Phi) is 15.4. The van der Waals surface area contributed by atoms with Gasteiger partial charge in [-0.05, 0) is 12.3 Å². The number of carbonyl (C=O) groups is 1. The van der Waals surface area contributed by atoms with Gasteiger partial charge in [0, 0.05) is 6.42 Å². The van der Waals surface area contributed by atoms with Gasteiger partial charge in [-0.15, -0.1) is 0 Å². The zero-order chi connectivity index (χ0) is 23.9. The summed E-state index contributed by atoms with van der Waals surface area (Å²) in [6.45, 7) is 4.58. The standard InChI is InChI=1S/C25H48O7/c1-18(2)16-14-12-10-8-6-4-3-5-7-9-11-13-15-17-19(26)32-25-23(30)21(28)20(27)22(29)24(25)31/h18,20-25,27-31H,3-17H2,1-2H3/t20?,21-,22+,23-,24-,25?/m0/s1. The quantitative estimate of drug-likeness (QED) is 0.167. The molecule has 0 aromatic carbocycles. The van der Waals surface area contributed by atoms with E-state index < -0.39 is 42.6 Å². The molecule has 5 N–H and O–H groups in total. The van der Waals surface area contributed by atoms with Crippen LogP contribution in [0.4, 0.5) is 0 Å². The molecule has 0 bridgehead atoms. The molecule has 0 saturated heterocycles. The summed E-state index contributed by atoms with van der Waals surface area (Å²) < 4.78 is 5.06. The van der Waals surface area contributed by atoms with Crippen LogP contribution in [0.2, 0.25) is 0 Å². The second-order valence-electron chi connectivity index (χ2n) is 9.94. The first-order valence-electron chi connectivity index (χ1n) is 12.9. The third kappa shape index (κ3) is 11.4. The number of unbranched alkanes of at least 4 members (excludes halogenated alkanes) is 12. The van der Waals surface area contributed by atoms with Gasteiger partial charge in [0.1, 0.15) is 30.5 Å². The lowest BCUT2D eigenvalue weighted by atomic mass is 9.85. The summed E-state index contributed by atoms with van der Waals surface area (Å²) >= 11 is 0. The van der Waals surface area contributed by atoms with E-state index in [4.69, 9.17) is 4.74 Å². The van der Waals surface area contributed by atoms with Gasteiger partial charge >= 0.3 is 5.97 Å². The molecule has 0 spiro atoms. The highest BCUT2D eigenvalue weighted by atomic mass is 16.6. The van der Waals surface area contributed by atoms with Crippen molar-refractivity contribution in [3.05, 3.63) is 0 Å². The van der Waals surface area contributed by atoms with Crippen LogP contribution >= 0.6 is 0 Å². The van der Waals surface area contributed by atoms with E-state index in [0.717, 1.165) is 25.2 Å². The minimum atomic E-state index is -1.69. The largest absolute Gasteiger partial charge is 0.457 e. The summed E-state index contributed by atoms with van der Waals surface area (Å²) in [6, 6.07) is 0. The van der Waals surface area contributed by atoms with Gasteiger partial charge in [-0.3, -0.25) is 4.79 Å². The topological polar surface area (TPSA) is 127 Å². The molecule has 0 aliphatic heterocycles. The summed E-state index contributed by atoms with van der Waals surface area (Å²) in [5.41, 5.74) is 0. The van der Waals surface area contributed by atoms with Gasteiger partial charge in [0.15, 0.2) is 6.10 Å². The minimum Gasteiger partial charge on any atom is -0.457 e. The predicted octanol–water partition coefficient (Wildman–Crippen LogP) is 3.22. The Balaban J connectivity index is 1.95. The lowest BCUT2D eigenvalue weighted by Gasteiger charge is -2.41. The first-order chi connectivity index (χ1) is 15.3. The number of carbonyl (C=O) groups excluding carboxylic acids is 1. The number of rotatable bonds is 17. The molecule has 1 aliphatic rings.